The predicted molar refractivity (Wildman–Crippen MR) is 233 cm³/mol. The minimum Gasteiger partial charge on any atom is -0.436 e. The lowest BCUT2D eigenvalue weighted by atomic mass is 9.97. The van der Waals surface area contributed by atoms with Crippen LogP contribution in [0.1, 0.15) is 0 Å². The molecule has 0 radical (unpaired) electrons. The van der Waals surface area contributed by atoms with Crippen molar-refractivity contribution < 1.29 is 4.42 Å². The van der Waals surface area contributed by atoms with Crippen LogP contribution >= 0.6 is 0 Å². The van der Waals surface area contributed by atoms with Gasteiger partial charge in [-0.15, -0.1) is 0 Å². The molecule has 3 nitrogen and oxygen atoms in total. The quantitative estimate of drug-likeness (QED) is 0.157. The van der Waals surface area contributed by atoms with Gasteiger partial charge in [0.1, 0.15) is 5.52 Å². The number of hydrogen-bond acceptors (Lipinski definition) is 3. The summed E-state index contributed by atoms with van der Waals surface area (Å²) in [6, 6.07) is 77.2. The molecule has 0 aliphatic heterocycles. The molecule has 1 heterocycles. The largest absolute Gasteiger partial charge is 0.436 e. The van der Waals surface area contributed by atoms with Gasteiger partial charge in [-0.3, -0.25) is 0 Å². The van der Waals surface area contributed by atoms with E-state index in [1.165, 1.54) is 22.3 Å². The topological polar surface area (TPSA) is 29.3 Å². The van der Waals surface area contributed by atoms with Gasteiger partial charge in [-0.1, -0.05) is 158 Å². The van der Waals surface area contributed by atoms with Crippen LogP contribution in [0.25, 0.3) is 77.8 Å². The van der Waals surface area contributed by atoms with Crippen LogP contribution in [-0.4, -0.2) is 4.98 Å². The third kappa shape index (κ3) is 6.42. The first-order valence-electron chi connectivity index (χ1n) is 18.9. The molecule has 0 bridgehead atoms. The first-order valence-corrected chi connectivity index (χ1v) is 18.9. The van der Waals surface area contributed by atoms with Gasteiger partial charge >= 0.3 is 0 Å². The predicted octanol–water partition coefficient (Wildman–Crippen LogP) is 14.8. The molecule has 1 aromatic heterocycles. The molecule has 0 amide bonds. The Kier molecular flexibility index (Phi) is 8.51. The van der Waals surface area contributed by atoms with E-state index in [4.69, 9.17) is 9.40 Å². The summed E-state index contributed by atoms with van der Waals surface area (Å²) in [7, 11) is 0. The molecule has 0 aliphatic carbocycles. The minimum absolute atomic E-state index is 0.638. The lowest BCUT2D eigenvalue weighted by molar-refractivity contribution is 0.620. The van der Waals surface area contributed by atoms with E-state index in [0.29, 0.717) is 5.89 Å². The van der Waals surface area contributed by atoms with Gasteiger partial charge in [-0.05, 0) is 111 Å². The highest BCUT2D eigenvalue weighted by Gasteiger charge is 2.15. The molecule has 0 saturated carbocycles. The summed E-state index contributed by atoms with van der Waals surface area (Å²) in [6.45, 7) is 0. The molecule has 10 aromatic rings. The van der Waals surface area contributed by atoms with E-state index >= 15 is 0 Å². The number of rotatable bonds is 8. The zero-order valence-electron chi connectivity index (χ0n) is 30.6. The highest BCUT2D eigenvalue weighted by molar-refractivity contribution is 6.05. The van der Waals surface area contributed by atoms with Crippen molar-refractivity contribution in [3.8, 4) is 56.0 Å². The Hall–Kier alpha value is -7.49. The molecule has 0 saturated heterocycles. The van der Waals surface area contributed by atoms with Gasteiger partial charge in [0.25, 0.3) is 0 Å². The van der Waals surface area contributed by atoms with Gasteiger partial charge in [0.05, 0.1) is 0 Å². The lowest BCUT2D eigenvalue weighted by Gasteiger charge is -2.26. The molecule has 10 rings (SSSR count). The lowest BCUT2D eigenvalue weighted by Crippen LogP contribution is -2.10. The first kappa shape index (κ1) is 33.1. The van der Waals surface area contributed by atoms with E-state index in [2.05, 4.69) is 187 Å². The normalized spacial score (nSPS) is 11.2. The van der Waals surface area contributed by atoms with Crippen LogP contribution in [0.4, 0.5) is 17.1 Å². The number of oxazole rings is 1. The van der Waals surface area contributed by atoms with E-state index < -0.39 is 0 Å². The summed E-state index contributed by atoms with van der Waals surface area (Å²) >= 11 is 0. The van der Waals surface area contributed by atoms with Crippen LogP contribution in [-0.2, 0) is 0 Å². The number of benzene rings is 9. The van der Waals surface area contributed by atoms with E-state index in [9.17, 15) is 0 Å². The monoisotopic (exact) mass is 716 g/mol. The van der Waals surface area contributed by atoms with Gasteiger partial charge in [0, 0.05) is 28.0 Å². The molecule has 9 aromatic carbocycles. The average Bonchev–Trinajstić information content (AvgIpc) is 3.74. The Labute approximate surface area is 326 Å². The second kappa shape index (κ2) is 14.4. The molecule has 0 spiro atoms. The van der Waals surface area contributed by atoms with Crippen LogP contribution in [0.15, 0.2) is 223 Å². The van der Waals surface area contributed by atoms with Crippen molar-refractivity contribution in [3.05, 3.63) is 218 Å². The standard InChI is InChI=1S/C53H36N2O/c1-4-11-37(12-5-1)40-25-30-47(31-26-40)55(49-18-10-17-45(35-49)38-13-6-2-7-14-38)48-32-27-41(28-33-48)39-19-21-42(22-20-39)46-24-23-43-29-34-51-52(50(43)36-46)54-53(56-51)44-15-8-3-9-16-44/h1-36H. The van der Waals surface area contributed by atoms with Crippen LogP contribution in [0, 0.1) is 0 Å². The SMILES string of the molecule is c1ccc(-c2ccc(N(c3ccc(-c4ccc(-c5ccc6ccc7oc(-c8ccccc8)nc7c6c5)cc4)cc3)c3cccc(-c4ccccc4)c3)cc2)cc1. The van der Waals surface area contributed by atoms with Gasteiger partial charge < -0.3 is 9.32 Å². The molecule has 0 fully saturated rings. The number of fused-ring (bicyclic) bond motifs is 3. The van der Waals surface area contributed by atoms with Crippen molar-refractivity contribution in [2.45, 2.75) is 0 Å². The Balaban J connectivity index is 0.960. The van der Waals surface area contributed by atoms with Crippen molar-refractivity contribution >= 4 is 38.9 Å². The molecular weight excluding hydrogens is 681 g/mol. The van der Waals surface area contributed by atoms with E-state index in [0.717, 1.165) is 66.8 Å². The Morgan fingerprint density at radius 1 is 0.321 bits per heavy atom. The summed E-state index contributed by atoms with van der Waals surface area (Å²) < 4.78 is 6.18. The maximum atomic E-state index is 6.18. The molecule has 0 aliphatic rings. The zero-order chi connectivity index (χ0) is 37.3. The van der Waals surface area contributed by atoms with Gasteiger partial charge in [-0.2, -0.15) is 0 Å². The molecule has 0 atom stereocenters. The summed E-state index contributed by atoms with van der Waals surface area (Å²) in [5.74, 6) is 0.638. The van der Waals surface area contributed by atoms with Gasteiger partial charge in [-0.25, -0.2) is 4.98 Å². The Morgan fingerprint density at radius 2 is 0.750 bits per heavy atom. The molecule has 3 heteroatoms. The smallest absolute Gasteiger partial charge is 0.227 e. The maximum Gasteiger partial charge on any atom is 0.227 e. The van der Waals surface area contributed by atoms with E-state index in [1.807, 2.05) is 36.4 Å². The number of anilines is 3. The zero-order valence-corrected chi connectivity index (χ0v) is 30.6. The van der Waals surface area contributed by atoms with Gasteiger partial charge in [0.15, 0.2) is 5.58 Å². The number of aromatic nitrogens is 1. The van der Waals surface area contributed by atoms with Crippen LogP contribution in [0.2, 0.25) is 0 Å². The van der Waals surface area contributed by atoms with Crippen molar-refractivity contribution in [1.29, 1.82) is 0 Å². The summed E-state index contributed by atoms with van der Waals surface area (Å²) in [5, 5.41) is 2.22. The summed E-state index contributed by atoms with van der Waals surface area (Å²) in [5.41, 5.74) is 15.3. The number of hydrogen-bond donors (Lipinski definition) is 0. The summed E-state index contributed by atoms with van der Waals surface area (Å²) in [4.78, 5) is 7.26. The maximum absolute atomic E-state index is 6.18. The second-order valence-corrected chi connectivity index (χ2v) is 14.0. The highest BCUT2D eigenvalue weighted by Crippen LogP contribution is 2.39. The van der Waals surface area contributed by atoms with Crippen molar-refractivity contribution in [2.75, 3.05) is 4.90 Å². The van der Waals surface area contributed by atoms with Crippen molar-refractivity contribution in [2.24, 2.45) is 0 Å². The highest BCUT2D eigenvalue weighted by atomic mass is 16.3. The van der Waals surface area contributed by atoms with E-state index in [1.54, 1.807) is 0 Å². The second-order valence-electron chi connectivity index (χ2n) is 14.0. The molecule has 0 N–H and O–H groups in total. The third-order valence-corrected chi connectivity index (χ3v) is 10.5. The van der Waals surface area contributed by atoms with Crippen LogP contribution in [0.5, 0.6) is 0 Å². The Bertz CT molecular complexity index is 2920. The average molecular weight is 717 g/mol. The van der Waals surface area contributed by atoms with E-state index in [-0.39, 0.29) is 0 Å². The molecule has 56 heavy (non-hydrogen) atoms. The fraction of sp³-hybridized carbons (Fsp3) is 0. The molecule has 264 valence electrons. The fourth-order valence-electron chi connectivity index (χ4n) is 7.59. The third-order valence-electron chi connectivity index (χ3n) is 10.5. The fourth-order valence-corrected chi connectivity index (χ4v) is 7.59. The Morgan fingerprint density at radius 3 is 1.34 bits per heavy atom. The van der Waals surface area contributed by atoms with Crippen LogP contribution in [0.3, 0.4) is 0 Å². The molecule has 0 unspecified atom stereocenters. The molecular formula is C53H36N2O. The number of nitrogens with zero attached hydrogens (tertiary/aromatic N) is 2. The van der Waals surface area contributed by atoms with Gasteiger partial charge in [0.2, 0.25) is 5.89 Å². The first-order chi connectivity index (χ1) is 27.7. The summed E-state index contributed by atoms with van der Waals surface area (Å²) in [6.07, 6.45) is 0. The minimum atomic E-state index is 0.638. The van der Waals surface area contributed by atoms with Crippen molar-refractivity contribution in [1.82, 2.24) is 4.98 Å². The van der Waals surface area contributed by atoms with Crippen LogP contribution < -0.4 is 4.90 Å². The van der Waals surface area contributed by atoms with Crippen molar-refractivity contribution in [3.63, 3.8) is 0 Å².